The van der Waals surface area contributed by atoms with E-state index in [1.54, 1.807) is 29.7 Å². The molecule has 0 aromatic carbocycles. The predicted molar refractivity (Wildman–Crippen MR) is 88.0 cm³/mol. The zero-order valence-electron chi connectivity index (χ0n) is 11.7. The molecule has 2 rings (SSSR count). The highest BCUT2D eigenvalue weighted by atomic mass is 35.5. The van der Waals surface area contributed by atoms with Crippen LogP contribution in [0.5, 0.6) is 0 Å². The summed E-state index contributed by atoms with van der Waals surface area (Å²) in [5, 5.41) is 7.66. The van der Waals surface area contributed by atoms with Gasteiger partial charge in [-0.05, 0) is 26.0 Å². The maximum Gasteiger partial charge on any atom is 0.191 e. The lowest BCUT2D eigenvalue weighted by Crippen LogP contribution is -2.36. The van der Waals surface area contributed by atoms with Crippen molar-refractivity contribution in [3.63, 3.8) is 0 Å². The van der Waals surface area contributed by atoms with Gasteiger partial charge in [-0.25, -0.2) is 4.98 Å². The molecule has 0 aliphatic heterocycles. The van der Waals surface area contributed by atoms with Crippen LogP contribution in [0.4, 0.5) is 0 Å². The number of guanidine groups is 1. The Balaban J connectivity index is 1.85. The van der Waals surface area contributed by atoms with Crippen molar-refractivity contribution in [1.82, 2.24) is 15.6 Å². The summed E-state index contributed by atoms with van der Waals surface area (Å²) in [6, 6.07) is 3.92. The smallest absolute Gasteiger partial charge is 0.191 e. The van der Waals surface area contributed by atoms with Crippen LogP contribution in [0.15, 0.2) is 17.1 Å². The molecule has 2 aromatic rings. The van der Waals surface area contributed by atoms with Gasteiger partial charge >= 0.3 is 0 Å². The van der Waals surface area contributed by atoms with E-state index in [-0.39, 0.29) is 0 Å². The number of thiazole rings is 1. The third kappa shape index (κ3) is 4.19. The highest BCUT2D eigenvalue weighted by Crippen LogP contribution is 2.21. The molecule has 2 aromatic heterocycles. The van der Waals surface area contributed by atoms with Crippen molar-refractivity contribution in [1.29, 1.82) is 0 Å². The minimum atomic E-state index is 0.720. The lowest BCUT2D eigenvalue weighted by atomic mass is 10.4. The van der Waals surface area contributed by atoms with E-state index in [9.17, 15) is 0 Å². The topological polar surface area (TPSA) is 49.3 Å². The Morgan fingerprint density at radius 3 is 2.55 bits per heavy atom. The fourth-order valence-electron chi connectivity index (χ4n) is 1.74. The first-order valence-electron chi connectivity index (χ1n) is 6.20. The van der Waals surface area contributed by atoms with Crippen LogP contribution in [-0.4, -0.2) is 18.0 Å². The minimum Gasteiger partial charge on any atom is -0.352 e. The Bertz CT molecular complexity index is 603. The number of hydrogen-bond donors (Lipinski definition) is 2. The van der Waals surface area contributed by atoms with Crippen molar-refractivity contribution in [2.75, 3.05) is 7.05 Å². The Morgan fingerprint density at radius 2 is 2.00 bits per heavy atom. The van der Waals surface area contributed by atoms with E-state index in [1.807, 2.05) is 26.0 Å². The van der Waals surface area contributed by atoms with Crippen molar-refractivity contribution in [3.05, 3.63) is 36.9 Å². The summed E-state index contributed by atoms with van der Waals surface area (Å²) in [5.74, 6) is 0.778. The zero-order chi connectivity index (χ0) is 14.5. The molecule has 0 aliphatic carbocycles. The molecule has 20 heavy (non-hydrogen) atoms. The molecular formula is C13H17ClN4S2. The minimum absolute atomic E-state index is 0.720. The van der Waals surface area contributed by atoms with Crippen LogP contribution in [0.1, 0.15) is 20.5 Å². The molecule has 2 N–H and O–H groups in total. The van der Waals surface area contributed by atoms with E-state index in [2.05, 4.69) is 20.6 Å². The number of aliphatic imine (C=N–C) groups is 1. The summed E-state index contributed by atoms with van der Waals surface area (Å²) in [6.45, 7) is 5.51. The molecular weight excluding hydrogens is 312 g/mol. The number of halogens is 1. The molecule has 0 bridgehead atoms. The van der Waals surface area contributed by atoms with Gasteiger partial charge in [-0.1, -0.05) is 11.6 Å². The maximum atomic E-state index is 5.91. The van der Waals surface area contributed by atoms with Crippen molar-refractivity contribution in [2.24, 2.45) is 4.99 Å². The van der Waals surface area contributed by atoms with E-state index >= 15 is 0 Å². The van der Waals surface area contributed by atoms with E-state index in [4.69, 9.17) is 11.6 Å². The second kappa shape index (κ2) is 7.06. The molecule has 0 radical (unpaired) electrons. The molecule has 108 valence electrons. The SMILES string of the molecule is CN=C(NCc1ccc(Cl)s1)NCc1sc(C)nc1C. The van der Waals surface area contributed by atoms with Crippen LogP contribution in [0.2, 0.25) is 4.34 Å². The molecule has 0 saturated heterocycles. The number of hydrogen-bond acceptors (Lipinski definition) is 4. The van der Waals surface area contributed by atoms with Gasteiger partial charge in [-0.3, -0.25) is 4.99 Å². The largest absolute Gasteiger partial charge is 0.352 e. The quantitative estimate of drug-likeness (QED) is 0.668. The first kappa shape index (κ1) is 15.3. The molecule has 0 amide bonds. The Labute approximate surface area is 131 Å². The van der Waals surface area contributed by atoms with Gasteiger partial charge in [0, 0.05) is 16.8 Å². The molecule has 0 atom stereocenters. The molecule has 7 heteroatoms. The van der Waals surface area contributed by atoms with Gasteiger partial charge in [-0.2, -0.15) is 0 Å². The van der Waals surface area contributed by atoms with Gasteiger partial charge in [0.05, 0.1) is 28.1 Å². The van der Waals surface area contributed by atoms with Gasteiger partial charge in [0.2, 0.25) is 0 Å². The molecule has 0 saturated carbocycles. The second-order valence-electron chi connectivity index (χ2n) is 4.23. The molecule has 0 fully saturated rings. The van der Waals surface area contributed by atoms with Crippen molar-refractivity contribution in [3.8, 4) is 0 Å². The molecule has 0 unspecified atom stereocenters. The number of aromatic nitrogens is 1. The highest BCUT2D eigenvalue weighted by Gasteiger charge is 2.06. The monoisotopic (exact) mass is 328 g/mol. The van der Waals surface area contributed by atoms with Gasteiger partial charge in [0.1, 0.15) is 0 Å². The summed E-state index contributed by atoms with van der Waals surface area (Å²) in [7, 11) is 1.77. The van der Waals surface area contributed by atoms with Crippen LogP contribution in [-0.2, 0) is 13.1 Å². The first-order valence-corrected chi connectivity index (χ1v) is 8.21. The predicted octanol–water partition coefficient (Wildman–Crippen LogP) is 3.34. The van der Waals surface area contributed by atoms with E-state index in [0.29, 0.717) is 0 Å². The average molecular weight is 329 g/mol. The lowest BCUT2D eigenvalue weighted by molar-refractivity contribution is 0.818. The molecule has 0 aliphatic rings. The van der Waals surface area contributed by atoms with Crippen LogP contribution in [0.3, 0.4) is 0 Å². The Morgan fingerprint density at radius 1 is 1.25 bits per heavy atom. The normalized spacial score (nSPS) is 11.7. The number of rotatable bonds is 4. The third-order valence-corrected chi connectivity index (χ3v) is 5.00. The van der Waals surface area contributed by atoms with E-state index in [0.717, 1.165) is 34.1 Å². The van der Waals surface area contributed by atoms with Gasteiger partial charge in [0.25, 0.3) is 0 Å². The van der Waals surface area contributed by atoms with Crippen molar-refractivity contribution in [2.45, 2.75) is 26.9 Å². The summed E-state index contributed by atoms with van der Waals surface area (Å²) in [6.07, 6.45) is 0. The fraction of sp³-hybridized carbons (Fsp3) is 0.385. The number of thiophene rings is 1. The lowest BCUT2D eigenvalue weighted by Gasteiger charge is -2.10. The van der Waals surface area contributed by atoms with Crippen LogP contribution in [0, 0.1) is 13.8 Å². The van der Waals surface area contributed by atoms with Crippen LogP contribution < -0.4 is 10.6 Å². The van der Waals surface area contributed by atoms with E-state index in [1.165, 1.54) is 9.75 Å². The van der Waals surface area contributed by atoms with Gasteiger partial charge < -0.3 is 10.6 Å². The average Bonchev–Trinajstić information content (AvgIpc) is 2.96. The van der Waals surface area contributed by atoms with Gasteiger partial charge in [0.15, 0.2) is 5.96 Å². The molecule has 0 spiro atoms. The maximum absolute atomic E-state index is 5.91. The number of nitrogens with one attached hydrogen (secondary N) is 2. The summed E-state index contributed by atoms with van der Waals surface area (Å²) < 4.78 is 0.806. The summed E-state index contributed by atoms with van der Waals surface area (Å²) in [4.78, 5) is 11.1. The van der Waals surface area contributed by atoms with Gasteiger partial charge in [-0.15, -0.1) is 22.7 Å². The molecule has 4 nitrogen and oxygen atoms in total. The highest BCUT2D eigenvalue weighted by molar-refractivity contribution is 7.16. The Hall–Kier alpha value is -1.11. The summed E-state index contributed by atoms with van der Waals surface area (Å²) in [5.41, 5.74) is 1.08. The number of aryl methyl sites for hydroxylation is 2. The van der Waals surface area contributed by atoms with Crippen LogP contribution in [0.25, 0.3) is 0 Å². The van der Waals surface area contributed by atoms with E-state index < -0.39 is 0 Å². The van der Waals surface area contributed by atoms with Crippen LogP contribution >= 0.6 is 34.3 Å². The number of nitrogens with zero attached hydrogens (tertiary/aromatic N) is 2. The second-order valence-corrected chi connectivity index (χ2v) is 7.31. The van der Waals surface area contributed by atoms with Crippen molar-refractivity contribution >= 4 is 40.2 Å². The summed E-state index contributed by atoms with van der Waals surface area (Å²) >= 11 is 9.20. The third-order valence-electron chi connectivity index (χ3n) is 2.70. The zero-order valence-corrected chi connectivity index (χ0v) is 14.0. The first-order chi connectivity index (χ1) is 9.58. The Kier molecular flexibility index (Phi) is 5.39. The van der Waals surface area contributed by atoms with Crippen molar-refractivity contribution < 1.29 is 0 Å². The standard InChI is InChI=1S/C13H17ClN4S2/c1-8-11(19-9(2)18-8)7-17-13(15-3)16-6-10-4-5-12(14)20-10/h4-5H,6-7H2,1-3H3,(H2,15,16,17). The fourth-order valence-corrected chi connectivity index (χ4v) is 3.64. The molecule has 2 heterocycles.